The lowest BCUT2D eigenvalue weighted by Gasteiger charge is -2.16. The fourth-order valence-electron chi connectivity index (χ4n) is 2.80. The molecule has 0 amide bonds. The third-order valence-electron chi connectivity index (χ3n) is 4.15. The van der Waals surface area contributed by atoms with Gasteiger partial charge in [-0.2, -0.15) is 0 Å². The molecule has 3 rings (SSSR count). The van der Waals surface area contributed by atoms with Crippen LogP contribution in [0.1, 0.15) is 25.3 Å². The molecule has 2 nitrogen and oxygen atoms in total. The van der Waals surface area contributed by atoms with E-state index in [1.54, 1.807) is 7.11 Å². The minimum absolute atomic E-state index is 0.368. The molecule has 0 saturated carbocycles. The van der Waals surface area contributed by atoms with Crippen molar-refractivity contribution in [2.45, 2.75) is 19.8 Å². The van der Waals surface area contributed by atoms with Gasteiger partial charge in [0.1, 0.15) is 11.5 Å². The van der Waals surface area contributed by atoms with E-state index < -0.39 is 0 Å². The first kappa shape index (κ1) is 19.5. The van der Waals surface area contributed by atoms with Gasteiger partial charge >= 0.3 is 0 Å². The molecule has 4 heteroatoms. The van der Waals surface area contributed by atoms with Crippen molar-refractivity contribution < 1.29 is 9.47 Å². The standard InChI is InChI=1S/C22H20I2O2/c1-14(2)18-13-17(9-10-21(18)25-3)26-22-19(23)11-16(12-20(22)24)15-7-5-4-6-8-15/h4-14H,1-3H3. The van der Waals surface area contributed by atoms with E-state index in [1.165, 1.54) is 11.1 Å². The molecule has 134 valence electrons. The van der Waals surface area contributed by atoms with Crippen LogP contribution >= 0.6 is 45.2 Å². The number of hydrogen-bond acceptors (Lipinski definition) is 2. The zero-order valence-electron chi connectivity index (χ0n) is 14.9. The molecule has 0 N–H and O–H groups in total. The summed E-state index contributed by atoms with van der Waals surface area (Å²) in [5, 5.41) is 0. The molecular weight excluding hydrogens is 550 g/mol. The Kier molecular flexibility index (Phi) is 6.45. The van der Waals surface area contributed by atoms with E-state index in [0.29, 0.717) is 5.92 Å². The van der Waals surface area contributed by atoms with E-state index in [-0.39, 0.29) is 0 Å². The number of rotatable bonds is 5. The number of hydrogen-bond donors (Lipinski definition) is 0. The van der Waals surface area contributed by atoms with E-state index >= 15 is 0 Å². The molecule has 0 spiro atoms. The van der Waals surface area contributed by atoms with Gasteiger partial charge in [-0.1, -0.05) is 44.2 Å². The van der Waals surface area contributed by atoms with E-state index in [0.717, 1.165) is 30.0 Å². The van der Waals surface area contributed by atoms with Crippen molar-refractivity contribution in [3.8, 4) is 28.4 Å². The highest BCUT2D eigenvalue weighted by molar-refractivity contribution is 14.1. The van der Waals surface area contributed by atoms with Gasteiger partial charge in [-0.3, -0.25) is 0 Å². The van der Waals surface area contributed by atoms with Crippen molar-refractivity contribution in [1.82, 2.24) is 0 Å². The van der Waals surface area contributed by atoms with Crippen LogP contribution in [0.3, 0.4) is 0 Å². The molecule has 0 aromatic heterocycles. The van der Waals surface area contributed by atoms with Gasteiger partial charge in [0.2, 0.25) is 0 Å². The van der Waals surface area contributed by atoms with Crippen molar-refractivity contribution in [2.75, 3.05) is 7.11 Å². The van der Waals surface area contributed by atoms with Gasteiger partial charge in [0.25, 0.3) is 0 Å². The quantitative estimate of drug-likeness (QED) is 0.296. The normalized spacial score (nSPS) is 10.8. The molecule has 0 bridgehead atoms. The smallest absolute Gasteiger partial charge is 0.154 e. The van der Waals surface area contributed by atoms with Crippen molar-refractivity contribution in [2.24, 2.45) is 0 Å². The van der Waals surface area contributed by atoms with Crippen LogP contribution in [0.25, 0.3) is 11.1 Å². The van der Waals surface area contributed by atoms with Gasteiger partial charge in [0.15, 0.2) is 5.75 Å². The summed E-state index contributed by atoms with van der Waals surface area (Å²) in [5.74, 6) is 2.99. The van der Waals surface area contributed by atoms with Crippen LogP contribution in [0.4, 0.5) is 0 Å². The van der Waals surface area contributed by atoms with Crippen LogP contribution in [-0.2, 0) is 0 Å². The summed E-state index contributed by atoms with van der Waals surface area (Å²) in [6, 6.07) is 20.7. The Morgan fingerprint density at radius 1 is 0.808 bits per heavy atom. The maximum Gasteiger partial charge on any atom is 0.154 e. The molecule has 0 fully saturated rings. The molecular formula is C22H20I2O2. The summed E-state index contributed by atoms with van der Waals surface area (Å²) in [7, 11) is 1.70. The minimum Gasteiger partial charge on any atom is -0.496 e. The summed E-state index contributed by atoms with van der Waals surface area (Å²) >= 11 is 4.69. The van der Waals surface area contributed by atoms with E-state index in [4.69, 9.17) is 9.47 Å². The Hall–Kier alpha value is -1.28. The number of benzene rings is 3. The minimum atomic E-state index is 0.368. The van der Waals surface area contributed by atoms with Crippen LogP contribution < -0.4 is 9.47 Å². The SMILES string of the molecule is COc1ccc(Oc2c(I)cc(-c3ccccc3)cc2I)cc1C(C)C. The Labute approximate surface area is 182 Å². The van der Waals surface area contributed by atoms with Gasteiger partial charge in [0, 0.05) is 5.56 Å². The third kappa shape index (κ3) is 4.34. The Bertz CT molecular complexity index is 882. The van der Waals surface area contributed by atoms with Gasteiger partial charge in [0.05, 0.1) is 14.3 Å². The Morgan fingerprint density at radius 3 is 2.04 bits per heavy atom. The summed E-state index contributed by atoms with van der Waals surface area (Å²) in [6.45, 7) is 4.31. The molecule has 0 atom stereocenters. The first-order valence-electron chi connectivity index (χ1n) is 8.40. The van der Waals surface area contributed by atoms with Gasteiger partial charge in [-0.05, 0) is 92.6 Å². The highest BCUT2D eigenvalue weighted by Crippen LogP contribution is 2.38. The lowest BCUT2D eigenvalue weighted by Crippen LogP contribution is -1.97. The molecule has 0 aliphatic rings. The van der Waals surface area contributed by atoms with Crippen LogP contribution in [0.15, 0.2) is 60.7 Å². The Morgan fingerprint density at radius 2 is 1.46 bits per heavy atom. The highest BCUT2D eigenvalue weighted by atomic mass is 127. The molecule has 0 aliphatic heterocycles. The summed E-state index contributed by atoms with van der Waals surface area (Å²) in [6.07, 6.45) is 0. The number of ether oxygens (including phenoxy) is 2. The average Bonchev–Trinajstić information content (AvgIpc) is 2.65. The predicted octanol–water partition coefficient (Wildman–Crippen LogP) is 7.49. The maximum absolute atomic E-state index is 6.25. The monoisotopic (exact) mass is 570 g/mol. The molecule has 0 saturated heterocycles. The summed E-state index contributed by atoms with van der Waals surface area (Å²) < 4.78 is 13.9. The first-order chi connectivity index (χ1) is 12.5. The first-order valence-corrected chi connectivity index (χ1v) is 10.6. The van der Waals surface area contributed by atoms with Crippen LogP contribution in [0.5, 0.6) is 17.2 Å². The highest BCUT2D eigenvalue weighted by Gasteiger charge is 2.14. The van der Waals surface area contributed by atoms with Gasteiger partial charge in [-0.25, -0.2) is 0 Å². The molecule has 3 aromatic carbocycles. The number of halogens is 2. The van der Waals surface area contributed by atoms with Gasteiger partial charge in [-0.15, -0.1) is 0 Å². The summed E-state index contributed by atoms with van der Waals surface area (Å²) in [5.41, 5.74) is 3.56. The van der Waals surface area contributed by atoms with E-state index in [2.05, 4.69) is 101 Å². The maximum atomic E-state index is 6.25. The fraction of sp³-hybridized carbons (Fsp3) is 0.182. The molecule has 0 heterocycles. The molecule has 0 unspecified atom stereocenters. The zero-order valence-corrected chi connectivity index (χ0v) is 19.2. The second kappa shape index (κ2) is 8.61. The second-order valence-electron chi connectivity index (χ2n) is 6.30. The fourth-order valence-corrected chi connectivity index (χ4v) is 4.79. The third-order valence-corrected chi connectivity index (χ3v) is 5.75. The molecule has 0 radical (unpaired) electrons. The second-order valence-corrected chi connectivity index (χ2v) is 8.62. The van der Waals surface area contributed by atoms with E-state index in [1.807, 2.05) is 18.2 Å². The number of methoxy groups -OCH3 is 1. The van der Waals surface area contributed by atoms with Crippen molar-refractivity contribution >= 4 is 45.2 Å². The lowest BCUT2D eigenvalue weighted by atomic mass is 10.0. The largest absolute Gasteiger partial charge is 0.496 e. The van der Waals surface area contributed by atoms with Crippen molar-refractivity contribution in [3.05, 3.63) is 73.4 Å². The summed E-state index contributed by atoms with van der Waals surface area (Å²) in [4.78, 5) is 0. The zero-order chi connectivity index (χ0) is 18.7. The van der Waals surface area contributed by atoms with Gasteiger partial charge < -0.3 is 9.47 Å². The van der Waals surface area contributed by atoms with Crippen molar-refractivity contribution in [1.29, 1.82) is 0 Å². The Balaban J connectivity index is 1.95. The van der Waals surface area contributed by atoms with E-state index in [9.17, 15) is 0 Å². The van der Waals surface area contributed by atoms with Crippen LogP contribution in [0, 0.1) is 7.14 Å². The lowest BCUT2D eigenvalue weighted by molar-refractivity contribution is 0.405. The molecule has 26 heavy (non-hydrogen) atoms. The molecule has 0 aliphatic carbocycles. The van der Waals surface area contributed by atoms with Crippen LogP contribution in [0.2, 0.25) is 0 Å². The topological polar surface area (TPSA) is 18.5 Å². The average molecular weight is 570 g/mol. The predicted molar refractivity (Wildman–Crippen MR) is 124 cm³/mol. The van der Waals surface area contributed by atoms with Crippen LogP contribution in [-0.4, -0.2) is 7.11 Å². The molecule has 3 aromatic rings. The van der Waals surface area contributed by atoms with Crippen molar-refractivity contribution in [3.63, 3.8) is 0 Å².